The normalized spacial score (nSPS) is 16.4. The number of hydrogen-bond acceptors (Lipinski definition) is 4. The van der Waals surface area contributed by atoms with E-state index in [4.69, 9.17) is 5.11 Å². The number of carboxylic acid groups (broad SMARTS) is 1. The number of halogens is 1. The molecule has 1 aliphatic heterocycles. The molecule has 13 heavy (non-hydrogen) atoms. The van der Waals surface area contributed by atoms with Crippen molar-refractivity contribution in [1.82, 2.24) is 0 Å². The first-order valence-electron chi connectivity index (χ1n) is 3.39. The highest BCUT2D eigenvalue weighted by Gasteiger charge is 2.33. The van der Waals surface area contributed by atoms with Crippen LogP contribution in [-0.2, 0) is 19.1 Å². The van der Waals surface area contributed by atoms with Crippen molar-refractivity contribution in [3.63, 3.8) is 0 Å². The molecule has 0 saturated heterocycles. The average molecular weight is 188 g/mol. The molecule has 0 saturated carbocycles. The van der Waals surface area contributed by atoms with Crippen molar-refractivity contribution < 1.29 is 28.6 Å². The lowest BCUT2D eigenvalue weighted by atomic mass is 10.1. The highest BCUT2D eigenvalue weighted by Crippen LogP contribution is 2.22. The summed E-state index contributed by atoms with van der Waals surface area (Å²) in [4.78, 5) is 31.2. The number of aliphatic carboxylic acids is 1. The minimum atomic E-state index is -1.34. The van der Waals surface area contributed by atoms with Gasteiger partial charge in [0.1, 0.15) is 0 Å². The number of hydrogen-bond donors (Lipinski definition) is 1. The van der Waals surface area contributed by atoms with Gasteiger partial charge in [0.15, 0.2) is 0 Å². The molecular formula is C7H5FO5. The van der Waals surface area contributed by atoms with Gasteiger partial charge in [0.25, 0.3) is 0 Å². The Hall–Kier alpha value is -1.72. The van der Waals surface area contributed by atoms with Crippen molar-refractivity contribution >= 4 is 17.9 Å². The van der Waals surface area contributed by atoms with Crippen LogP contribution in [0.25, 0.3) is 0 Å². The van der Waals surface area contributed by atoms with Crippen LogP contribution in [-0.4, -0.2) is 23.0 Å². The lowest BCUT2D eigenvalue weighted by Gasteiger charge is -1.93. The molecular weight excluding hydrogens is 183 g/mol. The third-order valence-corrected chi connectivity index (χ3v) is 1.46. The van der Waals surface area contributed by atoms with E-state index in [0.29, 0.717) is 0 Å². The van der Waals surface area contributed by atoms with E-state index in [-0.39, 0.29) is 6.42 Å². The van der Waals surface area contributed by atoms with Crippen molar-refractivity contribution in [2.75, 3.05) is 0 Å². The maximum atomic E-state index is 12.7. The average Bonchev–Trinajstić information content (AvgIpc) is 2.24. The fourth-order valence-electron chi connectivity index (χ4n) is 0.847. The van der Waals surface area contributed by atoms with Crippen LogP contribution in [0.5, 0.6) is 0 Å². The van der Waals surface area contributed by atoms with Crippen molar-refractivity contribution in [1.29, 1.82) is 0 Å². The molecule has 0 spiro atoms. The van der Waals surface area contributed by atoms with E-state index in [1.54, 1.807) is 0 Å². The Labute approximate surface area is 71.8 Å². The van der Waals surface area contributed by atoms with E-state index in [0.717, 1.165) is 0 Å². The lowest BCUT2D eigenvalue weighted by Crippen LogP contribution is -2.03. The molecule has 1 rings (SSSR count). The van der Waals surface area contributed by atoms with Gasteiger partial charge in [0.05, 0.1) is 5.57 Å². The summed E-state index contributed by atoms with van der Waals surface area (Å²) in [5.74, 6) is -4.90. The SMILES string of the molecule is O=C(O)CCC1=C(F)C(=O)OC1=O. The second kappa shape index (κ2) is 3.34. The quantitative estimate of drug-likeness (QED) is 0.504. The molecule has 0 radical (unpaired) electrons. The second-order valence-corrected chi connectivity index (χ2v) is 2.36. The summed E-state index contributed by atoms with van der Waals surface area (Å²) in [6.07, 6.45) is -0.739. The number of carboxylic acids is 1. The molecule has 0 aromatic carbocycles. The first kappa shape index (κ1) is 9.37. The summed E-state index contributed by atoms with van der Waals surface area (Å²) in [7, 11) is 0. The van der Waals surface area contributed by atoms with Crippen LogP contribution in [0, 0.1) is 0 Å². The zero-order valence-corrected chi connectivity index (χ0v) is 6.37. The van der Waals surface area contributed by atoms with Gasteiger partial charge in [0, 0.05) is 6.42 Å². The van der Waals surface area contributed by atoms with Gasteiger partial charge in [-0.2, -0.15) is 4.39 Å². The van der Waals surface area contributed by atoms with Gasteiger partial charge >= 0.3 is 17.9 Å². The Kier molecular flexibility index (Phi) is 2.41. The highest BCUT2D eigenvalue weighted by molar-refractivity contribution is 6.11. The van der Waals surface area contributed by atoms with Gasteiger partial charge in [-0.1, -0.05) is 0 Å². The summed E-state index contributed by atoms with van der Waals surface area (Å²) in [6, 6.07) is 0. The molecule has 0 aliphatic carbocycles. The molecule has 1 aliphatic rings. The number of carbonyl (C=O) groups is 3. The van der Waals surface area contributed by atoms with Crippen molar-refractivity contribution in [3.8, 4) is 0 Å². The number of cyclic esters (lactones) is 2. The van der Waals surface area contributed by atoms with Crippen LogP contribution in [0.15, 0.2) is 11.4 Å². The largest absolute Gasteiger partial charge is 0.481 e. The van der Waals surface area contributed by atoms with Crippen LogP contribution in [0.3, 0.4) is 0 Å². The van der Waals surface area contributed by atoms with Crippen LogP contribution >= 0.6 is 0 Å². The Bertz CT molecular complexity index is 317. The molecule has 1 heterocycles. The number of esters is 2. The van der Waals surface area contributed by atoms with Crippen LogP contribution in [0.2, 0.25) is 0 Å². The van der Waals surface area contributed by atoms with E-state index >= 15 is 0 Å². The first-order chi connectivity index (χ1) is 6.02. The van der Waals surface area contributed by atoms with Gasteiger partial charge in [-0.15, -0.1) is 0 Å². The topological polar surface area (TPSA) is 80.7 Å². The fourth-order valence-corrected chi connectivity index (χ4v) is 0.847. The minimum absolute atomic E-state index is 0.328. The Morgan fingerprint density at radius 3 is 2.38 bits per heavy atom. The molecule has 0 atom stereocenters. The third kappa shape index (κ3) is 1.90. The van der Waals surface area contributed by atoms with E-state index < -0.39 is 35.7 Å². The molecule has 5 nitrogen and oxygen atoms in total. The van der Waals surface area contributed by atoms with Crippen LogP contribution < -0.4 is 0 Å². The molecule has 0 aromatic heterocycles. The first-order valence-corrected chi connectivity index (χ1v) is 3.39. The molecule has 1 N–H and O–H groups in total. The Morgan fingerprint density at radius 1 is 1.38 bits per heavy atom. The Morgan fingerprint density at radius 2 is 2.00 bits per heavy atom. The van der Waals surface area contributed by atoms with Crippen molar-refractivity contribution in [3.05, 3.63) is 11.4 Å². The smallest absolute Gasteiger partial charge is 0.375 e. The summed E-state index contributed by atoms with van der Waals surface area (Å²) in [5.41, 5.74) is -0.493. The summed E-state index contributed by atoms with van der Waals surface area (Å²) < 4.78 is 16.6. The van der Waals surface area contributed by atoms with Crippen molar-refractivity contribution in [2.45, 2.75) is 12.8 Å². The Balaban J connectivity index is 2.72. The number of ether oxygens (including phenoxy) is 1. The lowest BCUT2D eigenvalue weighted by molar-refractivity contribution is -0.151. The molecule has 0 fully saturated rings. The maximum Gasteiger partial charge on any atom is 0.375 e. The fraction of sp³-hybridized carbons (Fsp3) is 0.286. The van der Waals surface area contributed by atoms with Crippen LogP contribution in [0.4, 0.5) is 4.39 Å². The van der Waals surface area contributed by atoms with E-state index in [9.17, 15) is 18.8 Å². The predicted octanol–water partition coefficient (Wildman–Crippen LogP) is 0.158. The van der Waals surface area contributed by atoms with Gasteiger partial charge in [-0.3, -0.25) is 4.79 Å². The van der Waals surface area contributed by atoms with Gasteiger partial charge in [0.2, 0.25) is 5.83 Å². The standard InChI is InChI=1S/C7H5FO5/c8-5-3(1-2-4(9)10)6(11)13-7(5)12/h1-2H2,(H,9,10). The minimum Gasteiger partial charge on any atom is -0.481 e. The molecule has 6 heteroatoms. The van der Waals surface area contributed by atoms with E-state index in [1.165, 1.54) is 0 Å². The molecule has 70 valence electrons. The zero-order valence-electron chi connectivity index (χ0n) is 6.37. The third-order valence-electron chi connectivity index (χ3n) is 1.46. The number of rotatable bonds is 3. The van der Waals surface area contributed by atoms with Gasteiger partial charge < -0.3 is 9.84 Å². The number of carbonyl (C=O) groups excluding carboxylic acids is 2. The van der Waals surface area contributed by atoms with Crippen molar-refractivity contribution in [2.24, 2.45) is 0 Å². The highest BCUT2D eigenvalue weighted by atomic mass is 19.1. The predicted molar refractivity (Wildman–Crippen MR) is 36.1 cm³/mol. The maximum absolute atomic E-state index is 12.7. The summed E-state index contributed by atoms with van der Waals surface area (Å²) in [6.45, 7) is 0. The van der Waals surface area contributed by atoms with E-state index in [2.05, 4.69) is 4.74 Å². The summed E-state index contributed by atoms with van der Waals surface area (Å²) in [5, 5.41) is 8.23. The zero-order chi connectivity index (χ0) is 10.0. The molecule has 0 bridgehead atoms. The van der Waals surface area contributed by atoms with Gasteiger partial charge in [-0.25, -0.2) is 9.59 Å². The monoisotopic (exact) mass is 188 g/mol. The second-order valence-electron chi connectivity index (χ2n) is 2.36. The molecule has 0 aromatic rings. The molecule has 0 unspecified atom stereocenters. The van der Waals surface area contributed by atoms with Crippen LogP contribution in [0.1, 0.15) is 12.8 Å². The summed E-state index contributed by atoms with van der Waals surface area (Å²) >= 11 is 0. The van der Waals surface area contributed by atoms with E-state index in [1.807, 2.05) is 0 Å². The van der Waals surface area contributed by atoms with Gasteiger partial charge in [-0.05, 0) is 6.42 Å². The molecule has 0 amide bonds.